The molecule has 114 valence electrons. The van der Waals surface area contributed by atoms with Gasteiger partial charge in [0.25, 0.3) is 5.91 Å². The summed E-state index contributed by atoms with van der Waals surface area (Å²) >= 11 is 0. The maximum absolute atomic E-state index is 12.1. The molecule has 2 aromatic rings. The first-order chi connectivity index (χ1) is 10.5. The van der Waals surface area contributed by atoms with Crippen molar-refractivity contribution in [2.45, 2.75) is 39.2 Å². The molecule has 1 amide bonds. The number of nitrogens with one attached hydrogen (secondary N) is 2. The minimum Gasteiger partial charge on any atom is -0.287 e. The molecule has 3 nitrogen and oxygen atoms in total. The quantitative estimate of drug-likeness (QED) is 0.849. The fourth-order valence-corrected chi connectivity index (χ4v) is 2.99. The SMILES string of the molecule is CCCc1cc(/C=C2\C(=O)NNC2(C)C)c2ccccc2c1. The topological polar surface area (TPSA) is 41.1 Å². The zero-order valence-electron chi connectivity index (χ0n) is 13.4. The molecule has 3 rings (SSSR count). The van der Waals surface area contributed by atoms with Crippen LogP contribution in [0.15, 0.2) is 42.0 Å². The minimum absolute atomic E-state index is 0.0463. The number of fused-ring (bicyclic) bond motifs is 1. The van der Waals surface area contributed by atoms with E-state index in [1.54, 1.807) is 0 Å². The van der Waals surface area contributed by atoms with Crippen molar-refractivity contribution in [3.05, 3.63) is 53.1 Å². The third-order valence-corrected chi connectivity index (χ3v) is 4.20. The van der Waals surface area contributed by atoms with Crippen LogP contribution in [0.2, 0.25) is 0 Å². The van der Waals surface area contributed by atoms with E-state index in [0.717, 1.165) is 24.0 Å². The fraction of sp³-hybridized carbons (Fsp3) is 0.316. The molecule has 0 atom stereocenters. The summed E-state index contributed by atoms with van der Waals surface area (Å²) in [4.78, 5) is 12.1. The summed E-state index contributed by atoms with van der Waals surface area (Å²) < 4.78 is 0. The predicted molar refractivity (Wildman–Crippen MR) is 91.3 cm³/mol. The molecule has 0 aromatic heterocycles. The number of benzene rings is 2. The van der Waals surface area contributed by atoms with E-state index in [-0.39, 0.29) is 11.4 Å². The van der Waals surface area contributed by atoms with Gasteiger partial charge in [0.15, 0.2) is 0 Å². The Labute approximate surface area is 131 Å². The number of hydrazine groups is 1. The Hall–Kier alpha value is -2.13. The van der Waals surface area contributed by atoms with Gasteiger partial charge < -0.3 is 0 Å². The van der Waals surface area contributed by atoms with Gasteiger partial charge in [-0.25, -0.2) is 5.43 Å². The van der Waals surface area contributed by atoms with Gasteiger partial charge >= 0.3 is 0 Å². The molecule has 2 N–H and O–H groups in total. The molecule has 0 aliphatic carbocycles. The zero-order valence-corrected chi connectivity index (χ0v) is 13.4. The van der Waals surface area contributed by atoms with Gasteiger partial charge in [0, 0.05) is 5.57 Å². The van der Waals surface area contributed by atoms with Crippen LogP contribution in [0.25, 0.3) is 16.8 Å². The summed E-state index contributed by atoms with van der Waals surface area (Å²) in [7, 11) is 0. The van der Waals surface area contributed by atoms with Crippen molar-refractivity contribution in [1.82, 2.24) is 10.9 Å². The van der Waals surface area contributed by atoms with Crippen LogP contribution < -0.4 is 10.9 Å². The summed E-state index contributed by atoms with van der Waals surface area (Å²) in [6.45, 7) is 6.20. The van der Waals surface area contributed by atoms with Gasteiger partial charge in [-0.1, -0.05) is 49.7 Å². The Balaban J connectivity index is 2.19. The Bertz CT molecular complexity index is 759. The molecule has 0 saturated carbocycles. The number of carbonyl (C=O) groups excluding carboxylic acids is 1. The van der Waals surface area contributed by atoms with E-state index in [4.69, 9.17) is 0 Å². The van der Waals surface area contributed by atoms with Crippen molar-refractivity contribution in [3.63, 3.8) is 0 Å². The Kier molecular flexibility index (Phi) is 3.75. The first-order valence-electron chi connectivity index (χ1n) is 7.82. The Morgan fingerprint density at radius 1 is 1.18 bits per heavy atom. The first kappa shape index (κ1) is 14.8. The third-order valence-electron chi connectivity index (χ3n) is 4.20. The van der Waals surface area contributed by atoms with Crippen LogP contribution in [0.3, 0.4) is 0 Å². The smallest absolute Gasteiger partial charge is 0.263 e. The molecular weight excluding hydrogens is 272 g/mol. The van der Waals surface area contributed by atoms with Gasteiger partial charge in [-0.05, 0) is 48.2 Å². The lowest BCUT2D eigenvalue weighted by molar-refractivity contribution is -0.116. The van der Waals surface area contributed by atoms with Gasteiger partial charge in [0.2, 0.25) is 0 Å². The zero-order chi connectivity index (χ0) is 15.7. The van der Waals surface area contributed by atoms with Crippen molar-refractivity contribution in [1.29, 1.82) is 0 Å². The number of amides is 1. The highest BCUT2D eigenvalue weighted by molar-refractivity contribution is 6.04. The Morgan fingerprint density at radius 2 is 1.95 bits per heavy atom. The van der Waals surface area contributed by atoms with E-state index >= 15 is 0 Å². The number of hydrogen-bond acceptors (Lipinski definition) is 2. The van der Waals surface area contributed by atoms with E-state index in [0.29, 0.717) is 0 Å². The number of aryl methyl sites for hydroxylation is 1. The van der Waals surface area contributed by atoms with E-state index in [1.165, 1.54) is 16.3 Å². The summed E-state index contributed by atoms with van der Waals surface area (Å²) in [6, 6.07) is 12.8. The maximum atomic E-state index is 12.1. The first-order valence-corrected chi connectivity index (χ1v) is 7.82. The lowest BCUT2D eigenvalue weighted by Gasteiger charge is -2.17. The lowest BCUT2D eigenvalue weighted by Crippen LogP contribution is -2.38. The van der Waals surface area contributed by atoms with Crippen LogP contribution in [0.1, 0.15) is 38.3 Å². The second-order valence-corrected chi connectivity index (χ2v) is 6.42. The normalized spacial score (nSPS) is 18.9. The second-order valence-electron chi connectivity index (χ2n) is 6.42. The molecule has 2 aromatic carbocycles. The van der Waals surface area contributed by atoms with Crippen LogP contribution in [0, 0.1) is 0 Å². The van der Waals surface area contributed by atoms with Crippen LogP contribution in [-0.2, 0) is 11.2 Å². The Morgan fingerprint density at radius 3 is 2.64 bits per heavy atom. The second kappa shape index (κ2) is 5.58. The van der Waals surface area contributed by atoms with Crippen LogP contribution in [0.4, 0.5) is 0 Å². The van der Waals surface area contributed by atoms with Crippen molar-refractivity contribution in [2.75, 3.05) is 0 Å². The van der Waals surface area contributed by atoms with E-state index < -0.39 is 0 Å². The molecule has 1 fully saturated rings. The predicted octanol–water partition coefficient (Wildman–Crippen LogP) is 3.59. The van der Waals surface area contributed by atoms with Crippen LogP contribution in [-0.4, -0.2) is 11.4 Å². The van der Waals surface area contributed by atoms with Gasteiger partial charge in [0.05, 0.1) is 5.54 Å². The molecule has 0 spiro atoms. The molecule has 0 radical (unpaired) electrons. The molecule has 22 heavy (non-hydrogen) atoms. The van der Waals surface area contributed by atoms with Crippen molar-refractivity contribution in [3.8, 4) is 0 Å². The summed E-state index contributed by atoms with van der Waals surface area (Å²) in [5.41, 5.74) is 8.59. The van der Waals surface area contributed by atoms with E-state index in [2.05, 4.69) is 48.1 Å². The monoisotopic (exact) mass is 294 g/mol. The molecule has 0 unspecified atom stereocenters. The summed E-state index contributed by atoms with van der Waals surface area (Å²) in [6.07, 6.45) is 4.19. The van der Waals surface area contributed by atoms with E-state index in [1.807, 2.05) is 26.0 Å². The highest BCUT2D eigenvalue weighted by Crippen LogP contribution is 2.28. The van der Waals surface area contributed by atoms with Gasteiger partial charge in [0.1, 0.15) is 0 Å². The number of carbonyl (C=O) groups is 1. The highest BCUT2D eigenvalue weighted by Gasteiger charge is 2.34. The van der Waals surface area contributed by atoms with E-state index in [9.17, 15) is 4.79 Å². The third kappa shape index (κ3) is 2.64. The fourth-order valence-electron chi connectivity index (χ4n) is 2.99. The molecule has 1 aliphatic heterocycles. The minimum atomic E-state index is -0.362. The van der Waals surface area contributed by atoms with Gasteiger partial charge in [-0.2, -0.15) is 0 Å². The molecule has 0 bridgehead atoms. The average Bonchev–Trinajstić information content (AvgIpc) is 2.74. The number of rotatable bonds is 3. The average molecular weight is 294 g/mol. The van der Waals surface area contributed by atoms with Crippen molar-refractivity contribution in [2.24, 2.45) is 0 Å². The molecule has 1 heterocycles. The highest BCUT2D eigenvalue weighted by atomic mass is 16.2. The standard InChI is InChI=1S/C19H22N2O/c1-4-7-13-10-14-8-5-6-9-16(14)15(11-13)12-17-18(22)20-21-19(17,2)3/h5-6,8-12,21H,4,7H2,1-3H3,(H,20,22)/b17-12+. The molecular formula is C19H22N2O. The molecule has 1 aliphatic rings. The largest absolute Gasteiger partial charge is 0.287 e. The van der Waals surface area contributed by atoms with Gasteiger partial charge in [-0.15, -0.1) is 0 Å². The van der Waals surface area contributed by atoms with Crippen molar-refractivity contribution < 1.29 is 4.79 Å². The lowest BCUT2D eigenvalue weighted by atomic mass is 9.91. The number of hydrogen-bond donors (Lipinski definition) is 2. The van der Waals surface area contributed by atoms with Crippen LogP contribution in [0.5, 0.6) is 0 Å². The van der Waals surface area contributed by atoms with Crippen LogP contribution >= 0.6 is 0 Å². The molecule has 3 heteroatoms. The molecule has 1 saturated heterocycles. The van der Waals surface area contributed by atoms with Crippen molar-refractivity contribution >= 4 is 22.8 Å². The maximum Gasteiger partial charge on any atom is 0.263 e. The summed E-state index contributed by atoms with van der Waals surface area (Å²) in [5, 5.41) is 2.41. The van der Waals surface area contributed by atoms with Gasteiger partial charge in [-0.3, -0.25) is 10.2 Å². The summed E-state index contributed by atoms with van der Waals surface area (Å²) in [5.74, 6) is -0.0463.